The molecule has 0 saturated heterocycles. The number of aromatic nitrogens is 2. The predicted octanol–water partition coefficient (Wildman–Crippen LogP) is 3.64. The Morgan fingerprint density at radius 1 is 1.32 bits per heavy atom. The quantitative estimate of drug-likeness (QED) is 0.891. The first-order valence-electron chi connectivity index (χ1n) is 7.76. The number of alkyl halides is 3. The van der Waals surface area contributed by atoms with Crippen LogP contribution in [0.15, 0.2) is 18.2 Å². The Kier molecular flexibility index (Phi) is 5.39. The zero-order valence-corrected chi connectivity index (χ0v) is 14.5. The average molecular weight is 355 g/mol. The fourth-order valence-corrected chi connectivity index (χ4v) is 2.51. The number of carbonyl (C=O) groups excluding carboxylic acids is 1. The maximum absolute atomic E-state index is 12.9. The molecule has 8 heteroatoms. The van der Waals surface area contributed by atoms with Crippen LogP contribution in [0, 0.1) is 13.8 Å². The number of aryl methyl sites for hydroxylation is 2. The van der Waals surface area contributed by atoms with Gasteiger partial charge in [0.25, 0.3) is 0 Å². The minimum atomic E-state index is -4.50. The Balaban J connectivity index is 2.26. The molecule has 0 aliphatic rings. The molecule has 0 atom stereocenters. The molecule has 0 saturated carbocycles. The van der Waals surface area contributed by atoms with Gasteiger partial charge in [-0.3, -0.25) is 9.48 Å². The second kappa shape index (κ2) is 7.16. The van der Waals surface area contributed by atoms with Crippen LogP contribution < -0.4 is 10.1 Å². The van der Waals surface area contributed by atoms with Crippen LogP contribution in [0.3, 0.4) is 0 Å². The van der Waals surface area contributed by atoms with Crippen molar-refractivity contribution < 1.29 is 22.7 Å². The zero-order chi connectivity index (χ0) is 18.8. The van der Waals surface area contributed by atoms with E-state index in [0.717, 1.165) is 23.4 Å². The summed E-state index contributed by atoms with van der Waals surface area (Å²) in [5.74, 6) is -0.233. The molecule has 2 aromatic rings. The lowest BCUT2D eigenvalue weighted by Gasteiger charge is -2.14. The van der Waals surface area contributed by atoms with E-state index in [4.69, 9.17) is 4.74 Å². The summed E-state index contributed by atoms with van der Waals surface area (Å²) in [4.78, 5) is 12.3. The topological polar surface area (TPSA) is 56.1 Å². The number of rotatable bonds is 5. The zero-order valence-electron chi connectivity index (χ0n) is 14.5. The van der Waals surface area contributed by atoms with Crippen molar-refractivity contribution >= 4 is 11.6 Å². The first kappa shape index (κ1) is 18.8. The molecule has 0 radical (unpaired) electrons. The Bertz CT molecular complexity index is 782. The van der Waals surface area contributed by atoms with E-state index >= 15 is 0 Å². The summed E-state index contributed by atoms with van der Waals surface area (Å²) in [5.41, 5.74) is 1.46. The highest BCUT2D eigenvalue weighted by Crippen LogP contribution is 2.35. The number of anilines is 1. The van der Waals surface area contributed by atoms with Gasteiger partial charge in [0.2, 0.25) is 5.91 Å². The molecule has 0 aliphatic heterocycles. The maximum atomic E-state index is 12.9. The van der Waals surface area contributed by atoms with Gasteiger partial charge in [-0.2, -0.15) is 18.3 Å². The summed E-state index contributed by atoms with van der Waals surface area (Å²) >= 11 is 0. The van der Waals surface area contributed by atoms with Gasteiger partial charge in [-0.15, -0.1) is 0 Å². The summed E-state index contributed by atoms with van der Waals surface area (Å²) in [6.07, 6.45) is -4.48. The molecule has 0 bridgehead atoms. The Morgan fingerprint density at radius 3 is 2.52 bits per heavy atom. The van der Waals surface area contributed by atoms with Crippen molar-refractivity contribution in [3.05, 3.63) is 40.7 Å². The van der Waals surface area contributed by atoms with Crippen LogP contribution in [0.5, 0.6) is 5.75 Å². The van der Waals surface area contributed by atoms with E-state index in [1.807, 2.05) is 6.92 Å². The summed E-state index contributed by atoms with van der Waals surface area (Å²) in [6, 6.07) is 3.02. The molecule has 1 heterocycles. The Labute approximate surface area is 143 Å². The van der Waals surface area contributed by atoms with E-state index in [-0.39, 0.29) is 24.5 Å². The lowest BCUT2D eigenvalue weighted by atomic mass is 10.1. The van der Waals surface area contributed by atoms with Crippen LogP contribution >= 0.6 is 0 Å². The summed E-state index contributed by atoms with van der Waals surface area (Å²) < 4.78 is 45.7. The number of nitrogens with one attached hydrogen (secondary N) is 1. The van der Waals surface area contributed by atoms with Gasteiger partial charge in [-0.05, 0) is 39.0 Å². The third kappa shape index (κ3) is 4.32. The van der Waals surface area contributed by atoms with Gasteiger partial charge in [0.15, 0.2) is 0 Å². The number of carbonyl (C=O) groups is 1. The van der Waals surface area contributed by atoms with Crippen LogP contribution in [0.1, 0.15) is 29.4 Å². The number of nitrogens with zero attached hydrogens (tertiary/aromatic N) is 2. The molecule has 1 amide bonds. The molecule has 1 aromatic carbocycles. The van der Waals surface area contributed by atoms with Gasteiger partial charge in [0.05, 0.1) is 30.0 Å². The molecule has 5 nitrogen and oxygen atoms in total. The highest BCUT2D eigenvalue weighted by atomic mass is 19.4. The third-order valence-corrected chi connectivity index (χ3v) is 3.88. The lowest BCUT2D eigenvalue weighted by Crippen LogP contribution is -2.17. The van der Waals surface area contributed by atoms with Crippen molar-refractivity contribution in [2.24, 2.45) is 7.05 Å². The van der Waals surface area contributed by atoms with Crippen molar-refractivity contribution in [2.75, 3.05) is 11.9 Å². The highest BCUT2D eigenvalue weighted by molar-refractivity contribution is 5.94. The summed E-state index contributed by atoms with van der Waals surface area (Å²) in [5, 5.41) is 6.75. The second-order valence-corrected chi connectivity index (χ2v) is 5.64. The summed E-state index contributed by atoms with van der Waals surface area (Å²) in [6.45, 7) is 5.60. The van der Waals surface area contributed by atoms with E-state index in [0.29, 0.717) is 5.69 Å². The molecule has 1 N–H and O–H groups in total. The highest BCUT2D eigenvalue weighted by Gasteiger charge is 2.31. The Hall–Kier alpha value is -2.51. The van der Waals surface area contributed by atoms with Gasteiger partial charge in [-0.1, -0.05) is 0 Å². The third-order valence-electron chi connectivity index (χ3n) is 3.88. The van der Waals surface area contributed by atoms with Crippen LogP contribution in [0.2, 0.25) is 0 Å². The molecule has 0 fully saturated rings. The minimum absolute atomic E-state index is 0.000807. The number of amides is 1. The van der Waals surface area contributed by atoms with Gasteiger partial charge < -0.3 is 10.1 Å². The van der Waals surface area contributed by atoms with E-state index in [1.54, 1.807) is 25.6 Å². The van der Waals surface area contributed by atoms with Crippen molar-refractivity contribution in [1.29, 1.82) is 0 Å². The van der Waals surface area contributed by atoms with E-state index in [1.165, 1.54) is 6.07 Å². The number of ether oxygens (including phenoxy) is 1. The second-order valence-electron chi connectivity index (χ2n) is 5.64. The monoisotopic (exact) mass is 355 g/mol. The molecular weight excluding hydrogens is 335 g/mol. The maximum Gasteiger partial charge on any atom is 0.416 e. The van der Waals surface area contributed by atoms with Gasteiger partial charge in [0, 0.05) is 18.3 Å². The fraction of sp³-hybridized carbons (Fsp3) is 0.412. The number of halogens is 3. The van der Waals surface area contributed by atoms with E-state index in [2.05, 4.69) is 10.4 Å². The molecular formula is C17H20F3N3O2. The van der Waals surface area contributed by atoms with Crippen LogP contribution in [-0.2, 0) is 24.4 Å². The number of hydrogen-bond donors (Lipinski definition) is 1. The van der Waals surface area contributed by atoms with Crippen LogP contribution in [-0.4, -0.2) is 22.3 Å². The fourth-order valence-electron chi connectivity index (χ4n) is 2.51. The molecule has 25 heavy (non-hydrogen) atoms. The number of benzene rings is 1. The molecule has 0 unspecified atom stereocenters. The average Bonchev–Trinajstić information content (AvgIpc) is 2.74. The van der Waals surface area contributed by atoms with Crippen LogP contribution in [0.25, 0.3) is 0 Å². The van der Waals surface area contributed by atoms with E-state index < -0.39 is 17.6 Å². The molecule has 1 aromatic heterocycles. The van der Waals surface area contributed by atoms with Gasteiger partial charge in [-0.25, -0.2) is 0 Å². The first-order chi connectivity index (χ1) is 11.6. The lowest BCUT2D eigenvalue weighted by molar-refractivity contribution is -0.137. The van der Waals surface area contributed by atoms with Crippen molar-refractivity contribution in [1.82, 2.24) is 9.78 Å². The molecule has 0 aliphatic carbocycles. The first-order valence-corrected chi connectivity index (χ1v) is 7.76. The van der Waals surface area contributed by atoms with E-state index in [9.17, 15) is 18.0 Å². The summed E-state index contributed by atoms with van der Waals surface area (Å²) in [7, 11) is 1.77. The van der Waals surface area contributed by atoms with Crippen LogP contribution in [0.4, 0.5) is 18.9 Å². The SMILES string of the molecule is CCOc1ccc(C(F)(F)F)cc1NC(=O)Cc1c(C)nn(C)c1C. The van der Waals surface area contributed by atoms with Gasteiger partial charge in [0.1, 0.15) is 5.75 Å². The number of hydrogen-bond acceptors (Lipinski definition) is 3. The molecule has 0 spiro atoms. The smallest absolute Gasteiger partial charge is 0.416 e. The normalized spacial score (nSPS) is 11.5. The van der Waals surface area contributed by atoms with Crippen molar-refractivity contribution in [3.8, 4) is 5.75 Å². The van der Waals surface area contributed by atoms with Crippen molar-refractivity contribution in [2.45, 2.75) is 33.4 Å². The molecule has 2 rings (SSSR count). The van der Waals surface area contributed by atoms with Crippen molar-refractivity contribution in [3.63, 3.8) is 0 Å². The largest absolute Gasteiger partial charge is 0.492 e. The minimum Gasteiger partial charge on any atom is -0.492 e. The standard InChI is InChI=1S/C17H20F3N3O2/c1-5-25-15-7-6-12(17(18,19)20)8-14(15)21-16(24)9-13-10(2)22-23(4)11(13)3/h6-8H,5,9H2,1-4H3,(H,21,24). The molecule has 136 valence electrons. The van der Waals surface area contributed by atoms with Gasteiger partial charge >= 0.3 is 6.18 Å². The predicted molar refractivity (Wildman–Crippen MR) is 87.6 cm³/mol. The Morgan fingerprint density at radius 2 is 2.00 bits per heavy atom.